The summed E-state index contributed by atoms with van der Waals surface area (Å²) in [5, 5.41) is 0.693. The molecule has 0 spiro atoms. The average molecular weight is 638 g/mol. The van der Waals surface area contributed by atoms with Crippen molar-refractivity contribution in [2.75, 3.05) is 0 Å². The van der Waals surface area contributed by atoms with Crippen LogP contribution in [-0.4, -0.2) is 27.7 Å². The topological polar surface area (TPSA) is 91.0 Å². The molecular formula is C36H29F2N3O4S. The van der Waals surface area contributed by atoms with Gasteiger partial charge < -0.3 is 4.57 Å². The SMILES string of the molecule is CCc1cnc2c(c1)c(-c1cccc(CCC(=O)c3cccn(Cc4ccc(F)c(F)c4)c3=O)c1)cn2S(=O)(=O)c1ccccc1. The van der Waals surface area contributed by atoms with Crippen molar-refractivity contribution in [2.45, 2.75) is 37.6 Å². The zero-order valence-corrected chi connectivity index (χ0v) is 25.7. The molecule has 232 valence electrons. The molecule has 0 saturated heterocycles. The summed E-state index contributed by atoms with van der Waals surface area (Å²) in [6, 6.07) is 24.1. The van der Waals surface area contributed by atoms with E-state index in [1.807, 2.05) is 37.3 Å². The first-order chi connectivity index (χ1) is 22.2. The summed E-state index contributed by atoms with van der Waals surface area (Å²) in [6.07, 6.45) is 5.88. The molecule has 7 nitrogen and oxygen atoms in total. The number of ketones is 1. The summed E-state index contributed by atoms with van der Waals surface area (Å²) >= 11 is 0. The lowest BCUT2D eigenvalue weighted by Gasteiger charge is -2.09. The molecule has 3 aromatic heterocycles. The summed E-state index contributed by atoms with van der Waals surface area (Å²) in [4.78, 5) is 31.0. The van der Waals surface area contributed by atoms with Crippen molar-refractivity contribution < 1.29 is 22.0 Å². The van der Waals surface area contributed by atoms with Crippen LogP contribution >= 0.6 is 0 Å². The lowest BCUT2D eigenvalue weighted by molar-refractivity contribution is 0.0980. The molecular weight excluding hydrogens is 608 g/mol. The van der Waals surface area contributed by atoms with E-state index in [1.165, 1.54) is 26.9 Å². The zero-order chi connectivity index (χ0) is 32.4. The Hall–Kier alpha value is -5.22. The molecule has 3 heterocycles. The second kappa shape index (κ2) is 12.6. The van der Waals surface area contributed by atoms with Gasteiger partial charge in [0, 0.05) is 36.0 Å². The molecule has 0 bridgehead atoms. The largest absolute Gasteiger partial charge is 0.310 e. The van der Waals surface area contributed by atoms with Crippen molar-refractivity contribution in [1.29, 1.82) is 0 Å². The van der Waals surface area contributed by atoms with Gasteiger partial charge in [-0.1, -0.05) is 55.5 Å². The van der Waals surface area contributed by atoms with Gasteiger partial charge in [-0.2, -0.15) is 0 Å². The normalized spacial score (nSPS) is 11.6. The highest BCUT2D eigenvalue weighted by Crippen LogP contribution is 2.33. The van der Waals surface area contributed by atoms with Crippen LogP contribution in [0, 0.1) is 11.6 Å². The summed E-state index contributed by atoms with van der Waals surface area (Å²) < 4.78 is 56.8. The van der Waals surface area contributed by atoms with E-state index >= 15 is 0 Å². The minimum absolute atomic E-state index is 0.00796. The number of aromatic nitrogens is 3. The molecule has 3 aromatic carbocycles. The molecule has 6 aromatic rings. The number of carbonyl (C=O) groups is 1. The lowest BCUT2D eigenvalue weighted by atomic mass is 9.98. The number of nitrogens with zero attached hydrogens (tertiary/aromatic N) is 3. The number of fused-ring (bicyclic) bond motifs is 1. The Balaban J connectivity index is 1.27. The van der Waals surface area contributed by atoms with Crippen molar-refractivity contribution in [3.05, 3.63) is 154 Å². The van der Waals surface area contributed by atoms with Gasteiger partial charge >= 0.3 is 0 Å². The number of carbonyl (C=O) groups excluding carboxylic acids is 1. The van der Waals surface area contributed by atoms with E-state index < -0.39 is 27.2 Å². The van der Waals surface area contributed by atoms with Crippen LogP contribution in [0.15, 0.2) is 119 Å². The first-order valence-electron chi connectivity index (χ1n) is 14.7. The molecule has 46 heavy (non-hydrogen) atoms. The summed E-state index contributed by atoms with van der Waals surface area (Å²) in [5.74, 6) is -2.34. The standard InChI is InChI=1S/C36H29F2N3O4S/c1-2-24-19-30-31(23-41(35(30)39-21-24)46(44,45)28-10-4-3-5-11-28)27-9-6-8-25(18-27)14-16-34(42)29-12-7-17-40(36(29)43)22-26-13-15-32(37)33(38)20-26/h3-13,15,17-21,23H,2,14,16,22H2,1H3. The third-order valence-corrected chi connectivity index (χ3v) is 9.58. The Kier molecular flexibility index (Phi) is 8.46. The molecule has 6 rings (SSSR count). The van der Waals surface area contributed by atoms with Crippen LogP contribution in [0.1, 0.15) is 40.4 Å². The minimum Gasteiger partial charge on any atom is -0.310 e. The quantitative estimate of drug-likeness (QED) is 0.154. The molecule has 0 saturated carbocycles. The summed E-state index contributed by atoms with van der Waals surface area (Å²) in [7, 11) is -3.92. The van der Waals surface area contributed by atoms with Gasteiger partial charge in [-0.15, -0.1) is 0 Å². The molecule has 0 aliphatic heterocycles. The van der Waals surface area contributed by atoms with Gasteiger partial charge in [0.1, 0.15) is 0 Å². The number of halogens is 2. The van der Waals surface area contributed by atoms with Crippen molar-refractivity contribution >= 4 is 26.8 Å². The Morgan fingerprint density at radius 1 is 0.848 bits per heavy atom. The Morgan fingerprint density at radius 3 is 2.41 bits per heavy atom. The molecule has 0 unspecified atom stereocenters. The maximum Gasteiger partial charge on any atom is 0.269 e. The van der Waals surface area contributed by atoms with Crippen LogP contribution in [0.25, 0.3) is 22.2 Å². The number of pyridine rings is 2. The Labute approximate surface area is 264 Å². The van der Waals surface area contributed by atoms with Gasteiger partial charge in [0.15, 0.2) is 23.1 Å². The van der Waals surface area contributed by atoms with Gasteiger partial charge in [0.25, 0.3) is 15.6 Å². The number of aryl methyl sites for hydroxylation is 2. The van der Waals surface area contributed by atoms with Gasteiger partial charge in [-0.3, -0.25) is 9.59 Å². The molecule has 10 heteroatoms. The lowest BCUT2D eigenvalue weighted by Crippen LogP contribution is -2.26. The molecule has 0 N–H and O–H groups in total. The summed E-state index contributed by atoms with van der Waals surface area (Å²) in [6.45, 7) is 1.99. The monoisotopic (exact) mass is 637 g/mol. The van der Waals surface area contributed by atoms with Crippen molar-refractivity contribution in [3.8, 4) is 11.1 Å². The fourth-order valence-electron chi connectivity index (χ4n) is 5.43. The van der Waals surface area contributed by atoms with E-state index in [1.54, 1.807) is 48.8 Å². The highest BCUT2D eigenvalue weighted by atomic mass is 32.2. The van der Waals surface area contributed by atoms with Gasteiger partial charge in [-0.25, -0.2) is 26.2 Å². The molecule has 0 fully saturated rings. The van der Waals surface area contributed by atoms with Crippen LogP contribution in [0.5, 0.6) is 0 Å². The third kappa shape index (κ3) is 6.03. The second-order valence-electron chi connectivity index (χ2n) is 11.0. The smallest absolute Gasteiger partial charge is 0.269 e. The molecule has 0 amide bonds. The van der Waals surface area contributed by atoms with E-state index in [2.05, 4.69) is 4.98 Å². The van der Waals surface area contributed by atoms with E-state index in [0.717, 1.165) is 35.2 Å². The first kappa shape index (κ1) is 30.8. The fraction of sp³-hybridized carbons (Fsp3) is 0.139. The van der Waals surface area contributed by atoms with E-state index in [-0.39, 0.29) is 29.2 Å². The summed E-state index contributed by atoms with van der Waals surface area (Å²) in [5.41, 5.74) is 3.45. The van der Waals surface area contributed by atoms with E-state index in [9.17, 15) is 26.8 Å². The highest BCUT2D eigenvalue weighted by Gasteiger charge is 2.23. The van der Waals surface area contributed by atoms with Crippen LogP contribution in [0.2, 0.25) is 0 Å². The maximum absolute atomic E-state index is 13.7. The molecule has 0 aliphatic carbocycles. The van der Waals surface area contributed by atoms with Gasteiger partial charge in [0.2, 0.25) is 0 Å². The molecule has 0 radical (unpaired) electrons. The number of hydrogen-bond acceptors (Lipinski definition) is 5. The van der Waals surface area contributed by atoms with Crippen molar-refractivity contribution in [1.82, 2.24) is 13.5 Å². The second-order valence-corrected chi connectivity index (χ2v) is 12.8. The van der Waals surface area contributed by atoms with Crippen molar-refractivity contribution in [3.63, 3.8) is 0 Å². The molecule has 0 aliphatic rings. The van der Waals surface area contributed by atoms with Crippen LogP contribution in [0.3, 0.4) is 0 Å². The Bertz CT molecular complexity index is 2260. The Morgan fingerprint density at radius 2 is 1.65 bits per heavy atom. The van der Waals surface area contributed by atoms with Crippen LogP contribution in [-0.2, 0) is 29.4 Å². The van der Waals surface area contributed by atoms with Crippen LogP contribution in [0.4, 0.5) is 8.78 Å². The van der Waals surface area contributed by atoms with Crippen LogP contribution < -0.4 is 5.56 Å². The number of rotatable bonds is 10. The number of hydrogen-bond donors (Lipinski definition) is 0. The van der Waals surface area contributed by atoms with E-state index in [0.29, 0.717) is 28.6 Å². The first-order valence-corrected chi connectivity index (χ1v) is 16.2. The minimum atomic E-state index is -3.92. The number of Topliss-reactive ketones (excluding diaryl/α,β-unsaturated/α-hetero) is 1. The van der Waals surface area contributed by atoms with Crippen molar-refractivity contribution in [2.24, 2.45) is 0 Å². The van der Waals surface area contributed by atoms with Gasteiger partial charge in [0.05, 0.1) is 17.0 Å². The zero-order valence-electron chi connectivity index (χ0n) is 24.9. The van der Waals surface area contributed by atoms with Gasteiger partial charge in [-0.05, 0) is 77.6 Å². The highest BCUT2D eigenvalue weighted by molar-refractivity contribution is 7.90. The average Bonchev–Trinajstić information content (AvgIpc) is 3.46. The predicted octanol–water partition coefficient (Wildman–Crippen LogP) is 6.81. The predicted molar refractivity (Wildman–Crippen MR) is 172 cm³/mol. The fourth-order valence-corrected chi connectivity index (χ4v) is 6.78. The molecule has 0 atom stereocenters. The third-order valence-electron chi connectivity index (χ3n) is 7.91. The number of benzene rings is 3. The van der Waals surface area contributed by atoms with E-state index in [4.69, 9.17) is 0 Å². The maximum atomic E-state index is 13.7.